The third-order valence-corrected chi connectivity index (χ3v) is 3.85. The number of ether oxygens (including phenoxy) is 1. The van der Waals surface area contributed by atoms with Gasteiger partial charge in [-0.1, -0.05) is 12.8 Å². The third kappa shape index (κ3) is 2.79. The molecular formula is C14H17N3OS. The van der Waals surface area contributed by atoms with Crippen LogP contribution in [0.4, 0.5) is 5.95 Å². The normalized spacial score (nSPS) is 11.3. The van der Waals surface area contributed by atoms with Crippen molar-refractivity contribution in [2.75, 3.05) is 12.4 Å². The van der Waals surface area contributed by atoms with Crippen molar-refractivity contribution < 1.29 is 4.74 Å². The lowest BCUT2D eigenvalue weighted by Gasteiger charge is -2.19. The lowest BCUT2D eigenvalue weighted by Crippen LogP contribution is -2.26. The molecule has 0 saturated heterocycles. The zero-order valence-electron chi connectivity index (χ0n) is 11.6. The second-order valence-corrected chi connectivity index (χ2v) is 5.76. The molecule has 0 aliphatic carbocycles. The van der Waals surface area contributed by atoms with E-state index in [9.17, 15) is 0 Å². The molecule has 2 aromatic rings. The van der Waals surface area contributed by atoms with E-state index in [1.807, 2.05) is 13.8 Å². The first-order chi connectivity index (χ1) is 8.99. The van der Waals surface area contributed by atoms with Crippen LogP contribution in [0, 0.1) is 12.3 Å². The number of aryl methyl sites for hydroxylation is 1. The summed E-state index contributed by atoms with van der Waals surface area (Å²) < 4.78 is 5.84. The van der Waals surface area contributed by atoms with Crippen LogP contribution in [0.2, 0.25) is 0 Å². The highest BCUT2D eigenvalue weighted by atomic mass is 32.1. The molecule has 5 heteroatoms. The molecule has 0 amide bonds. The number of fused-ring (bicyclic) bond motifs is 1. The number of thiophene rings is 1. The highest BCUT2D eigenvalue weighted by Gasteiger charge is 2.20. The van der Waals surface area contributed by atoms with Gasteiger partial charge in [-0.05, 0) is 26.3 Å². The summed E-state index contributed by atoms with van der Waals surface area (Å²) in [6, 6.07) is 2.07. The van der Waals surface area contributed by atoms with Crippen molar-refractivity contribution in [2.24, 2.45) is 0 Å². The molecule has 0 unspecified atom stereocenters. The minimum atomic E-state index is -0.694. The molecular weight excluding hydrogens is 258 g/mol. The number of terminal acetylenes is 1. The van der Waals surface area contributed by atoms with Gasteiger partial charge in [-0.2, -0.15) is 4.98 Å². The second kappa shape index (κ2) is 5.06. The molecule has 100 valence electrons. The first kappa shape index (κ1) is 13.6. The van der Waals surface area contributed by atoms with E-state index >= 15 is 0 Å². The summed E-state index contributed by atoms with van der Waals surface area (Å²) in [5.74, 6) is 3.69. The van der Waals surface area contributed by atoms with Gasteiger partial charge in [0, 0.05) is 11.9 Å². The molecule has 0 aromatic carbocycles. The Bertz CT molecular complexity index is 640. The first-order valence-corrected chi connectivity index (χ1v) is 6.95. The maximum Gasteiger partial charge on any atom is 0.228 e. The van der Waals surface area contributed by atoms with Gasteiger partial charge in [0.1, 0.15) is 4.83 Å². The van der Waals surface area contributed by atoms with Crippen LogP contribution in [-0.2, 0) is 6.42 Å². The van der Waals surface area contributed by atoms with E-state index in [1.165, 1.54) is 4.88 Å². The average molecular weight is 275 g/mol. The zero-order valence-corrected chi connectivity index (χ0v) is 12.4. The van der Waals surface area contributed by atoms with E-state index in [-0.39, 0.29) is 0 Å². The smallest absolute Gasteiger partial charge is 0.228 e. The Hall–Kier alpha value is -1.80. The van der Waals surface area contributed by atoms with Crippen molar-refractivity contribution in [1.29, 1.82) is 0 Å². The van der Waals surface area contributed by atoms with E-state index in [0.717, 1.165) is 16.6 Å². The molecule has 0 spiro atoms. The number of aromatic nitrogens is 2. The Morgan fingerprint density at radius 1 is 1.47 bits per heavy atom. The van der Waals surface area contributed by atoms with Crippen molar-refractivity contribution in [3.05, 3.63) is 10.9 Å². The number of hydrogen-bond acceptors (Lipinski definition) is 5. The van der Waals surface area contributed by atoms with Crippen LogP contribution < -0.4 is 10.1 Å². The Balaban J connectivity index is 2.57. The number of hydrogen-bond donors (Lipinski definition) is 1. The minimum Gasteiger partial charge on any atom is -0.458 e. The van der Waals surface area contributed by atoms with Gasteiger partial charge >= 0.3 is 0 Å². The molecule has 19 heavy (non-hydrogen) atoms. The van der Waals surface area contributed by atoms with E-state index in [0.29, 0.717) is 11.8 Å². The first-order valence-electron chi connectivity index (χ1n) is 6.14. The number of anilines is 1. The monoisotopic (exact) mass is 275 g/mol. The average Bonchev–Trinajstić information content (AvgIpc) is 2.81. The summed E-state index contributed by atoms with van der Waals surface area (Å²) >= 11 is 1.65. The molecule has 2 aromatic heterocycles. The fraction of sp³-hybridized carbons (Fsp3) is 0.429. The van der Waals surface area contributed by atoms with Crippen molar-refractivity contribution in [1.82, 2.24) is 9.97 Å². The topological polar surface area (TPSA) is 47.0 Å². The van der Waals surface area contributed by atoms with Crippen molar-refractivity contribution >= 4 is 27.5 Å². The van der Waals surface area contributed by atoms with Gasteiger partial charge < -0.3 is 10.1 Å². The van der Waals surface area contributed by atoms with Gasteiger partial charge in [-0.15, -0.1) is 17.8 Å². The van der Waals surface area contributed by atoms with Crippen LogP contribution in [-0.4, -0.2) is 22.6 Å². The summed E-state index contributed by atoms with van der Waals surface area (Å²) in [4.78, 5) is 11.0. The fourth-order valence-corrected chi connectivity index (χ4v) is 2.54. The maximum atomic E-state index is 5.84. The fourth-order valence-electron chi connectivity index (χ4n) is 1.58. The summed E-state index contributed by atoms with van der Waals surface area (Å²) in [7, 11) is 1.78. The predicted molar refractivity (Wildman–Crippen MR) is 79.9 cm³/mol. The zero-order chi connectivity index (χ0) is 14.0. The van der Waals surface area contributed by atoms with Gasteiger partial charge in [0.2, 0.25) is 11.8 Å². The largest absolute Gasteiger partial charge is 0.458 e. The number of nitrogens with one attached hydrogen (secondary N) is 1. The highest BCUT2D eigenvalue weighted by Crippen LogP contribution is 2.33. The minimum absolute atomic E-state index is 0.535. The van der Waals surface area contributed by atoms with E-state index in [2.05, 4.69) is 34.2 Å². The third-order valence-electron chi connectivity index (χ3n) is 2.68. The maximum absolute atomic E-state index is 5.84. The van der Waals surface area contributed by atoms with Gasteiger partial charge in [-0.3, -0.25) is 0 Å². The summed E-state index contributed by atoms with van der Waals surface area (Å²) in [6.07, 6.45) is 6.43. The van der Waals surface area contributed by atoms with E-state index in [4.69, 9.17) is 11.2 Å². The van der Waals surface area contributed by atoms with Gasteiger partial charge in [-0.25, -0.2) is 4.98 Å². The molecule has 2 rings (SSSR count). The lowest BCUT2D eigenvalue weighted by atomic mass is 10.1. The Morgan fingerprint density at radius 3 is 2.79 bits per heavy atom. The molecule has 0 saturated carbocycles. The summed E-state index contributed by atoms with van der Waals surface area (Å²) in [6.45, 7) is 5.79. The van der Waals surface area contributed by atoms with E-state index < -0.39 is 5.60 Å². The van der Waals surface area contributed by atoms with Gasteiger partial charge in [0.25, 0.3) is 0 Å². The summed E-state index contributed by atoms with van der Waals surface area (Å²) in [5, 5.41) is 3.86. The van der Waals surface area contributed by atoms with Crippen molar-refractivity contribution in [3.8, 4) is 18.2 Å². The summed E-state index contributed by atoms with van der Waals surface area (Å²) in [5.41, 5.74) is -0.694. The molecule has 0 atom stereocenters. The van der Waals surface area contributed by atoms with Crippen LogP contribution in [0.1, 0.15) is 25.6 Å². The quantitative estimate of drug-likeness (QED) is 0.871. The molecule has 0 bridgehead atoms. The van der Waals surface area contributed by atoms with Crippen LogP contribution in [0.3, 0.4) is 0 Å². The lowest BCUT2D eigenvalue weighted by molar-refractivity contribution is 0.167. The number of nitrogens with zero attached hydrogens (tertiary/aromatic N) is 2. The Labute approximate surface area is 117 Å². The van der Waals surface area contributed by atoms with Crippen LogP contribution in [0.15, 0.2) is 6.07 Å². The predicted octanol–water partition coefficient (Wildman–Crippen LogP) is 3.09. The molecule has 2 heterocycles. The molecule has 1 N–H and O–H groups in total. The van der Waals surface area contributed by atoms with Crippen molar-refractivity contribution in [3.63, 3.8) is 0 Å². The Kier molecular flexibility index (Phi) is 3.63. The highest BCUT2D eigenvalue weighted by molar-refractivity contribution is 7.18. The van der Waals surface area contributed by atoms with E-state index in [1.54, 1.807) is 18.4 Å². The van der Waals surface area contributed by atoms with Gasteiger partial charge in [0.15, 0.2) is 5.60 Å². The van der Waals surface area contributed by atoms with Crippen LogP contribution >= 0.6 is 11.3 Å². The SMILES string of the molecule is C#CC(C)(C)Oc1nc(NC)nc2sc(CC)cc12. The standard InChI is InChI=1S/C14H17N3OS/c1-6-9-8-10-11(18-14(3,4)7-2)16-13(15-5)17-12(10)19-9/h2,8H,6H2,1,3-5H3,(H,15,16,17). The molecule has 4 nitrogen and oxygen atoms in total. The van der Waals surface area contributed by atoms with Gasteiger partial charge in [0.05, 0.1) is 5.39 Å². The molecule has 0 radical (unpaired) electrons. The van der Waals surface area contributed by atoms with Crippen molar-refractivity contribution in [2.45, 2.75) is 32.8 Å². The van der Waals surface area contributed by atoms with Crippen LogP contribution in [0.25, 0.3) is 10.2 Å². The number of rotatable bonds is 4. The van der Waals surface area contributed by atoms with Crippen LogP contribution in [0.5, 0.6) is 5.88 Å². The Morgan fingerprint density at radius 2 is 2.21 bits per heavy atom. The molecule has 0 fully saturated rings. The molecule has 0 aliphatic rings. The molecule has 0 aliphatic heterocycles. The second-order valence-electron chi connectivity index (χ2n) is 4.64.